The fourth-order valence-electron chi connectivity index (χ4n) is 1.44. The van der Waals surface area contributed by atoms with E-state index < -0.39 is 11.7 Å². The van der Waals surface area contributed by atoms with E-state index in [0.717, 1.165) is 6.07 Å². The molecule has 5 heteroatoms. The van der Waals surface area contributed by atoms with Gasteiger partial charge in [0.2, 0.25) is 0 Å². The van der Waals surface area contributed by atoms with E-state index in [-0.39, 0.29) is 5.75 Å². The van der Waals surface area contributed by atoms with E-state index in [9.17, 15) is 13.2 Å². The van der Waals surface area contributed by atoms with Crippen molar-refractivity contribution in [2.24, 2.45) is 0 Å². The van der Waals surface area contributed by atoms with Crippen molar-refractivity contribution in [3.8, 4) is 11.5 Å². The molecule has 2 aromatic rings. The number of ether oxygens (including phenoxy) is 1. The third kappa shape index (κ3) is 2.85. The number of hydrogen-bond donors (Lipinski definition) is 0. The van der Waals surface area contributed by atoms with Gasteiger partial charge in [-0.1, -0.05) is 24.3 Å². The molecule has 0 spiro atoms. The number of halogens is 4. The van der Waals surface area contributed by atoms with Crippen molar-refractivity contribution in [3.63, 3.8) is 0 Å². The summed E-state index contributed by atoms with van der Waals surface area (Å²) in [5.41, 5.74) is -0.791. The molecular weight excluding hydrogens is 309 g/mol. The first kappa shape index (κ1) is 13.0. The second kappa shape index (κ2) is 5.02. The summed E-state index contributed by atoms with van der Waals surface area (Å²) in [6, 6.07) is 11.9. The smallest absolute Gasteiger partial charge is 0.419 e. The maximum atomic E-state index is 12.8. The van der Waals surface area contributed by atoms with Crippen molar-refractivity contribution in [2.75, 3.05) is 0 Å². The van der Waals surface area contributed by atoms with Crippen LogP contribution in [-0.4, -0.2) is 0 Å². The Bertz CT molecular complexity index is 552. The van der Waals surface area contributed by atoms with Crippen LogP contribution in [-0.2, 0) is 6.18 Å². The Balaban J connectivity index is 2.39. The van der Waals surface area contributed by atoms with Gasteiger partial charge in [-0.25, -0.2) is 0 Å². The first-order valence-electron chi connectivity index (χ1n) is 5.07. The highest BCUT2D eigenvalue weighted by Gasteiger charge is 2.34. The van der Waals surface area contributed by atoms with E-state index in [1.165, 1.54) is 18.2 Å². The molecule has 0 aliphatic rings. The highest BCUT2D eigenvalue weighted by Crippen LogP contribution is 2.39. The van der Waals surface area contributed by atoms with Crippen LogP contribution in [0.1, 0.15) is 5.56 Å². The van der Waals surface area contributed by atoms with Crippen molar-refractivity contribution in [1.29, 1.82) is 0 Å². The monoisotopic (exact) mass is 316 g/mol. The van der Waals surface area contributed by atoms with E-state index in [2.05, 4.69) is 15.9 Å². The van der Waals surface area contributed by atoms with Gasteiger partial charge >= 0.3 is 6.18 Å². The molecule has 0 aromatic heterocycles. The fraction of sp³-hybridized carbons (Fsp3) is 0.0769. The van der Waals surface area contributed by atoms with Crippen LogP contribution >= 0.6 is 15.9 Å². The van der Waals surface area contributed by atoms with Crippen LogP contribution in [0.2, 0.25) is 0 Å². The predicted octanol–water partition coefficient (Wildman–Crippen LogP) is 5.26. The topological polar surface area (TPSA) is 9.23 Å². The lowest BCUT2D eigenvalue weighted by Crippen LogP contribution is -2.06. The van der Waals surface area contributed by atoms with Crippen molar-refractivity contribution in [3.05, 3.63) is 58.6 Å². The van der Waals surface area contributed by atoms with Gasteiger partial charge in [-0.05, 0) is 40.2 Å². The summed E-state index contributed by atoms with van der Waals surface area (Å²) in [5.74, 6) is 0.131. The minimum absolute atomic E-state index is 0.211. The molecule has 0 N–H and O–H groups in total. The zero-order chi connectivity index (χ0) is 13.2. The third-order valence-corrected chi connectivity index (χ3v) is 2.90. The minimum atomic E-state index is -4.43. The largest absolute Gasteiger partial charge is 0.456 e. The molecule has 0 unspecified atom stereocenters. The van der Waals surface area contributed by atoms with Crippen LogP contribution < -0.4 is 4.74 Å². The molecule has 0 heterocycles. The van der Waals surface area contributed by atoms with Crippen LogP contribution in [0.25, 0.3) is 0 Å². The minimum Gasteiger partial charge on any atom is -0.456 e. The van der Waals surface area contributed by atoms with Gasteiger partial charge in [-0.2, -0.15) is 13.2 Å². The van der Waals surface area contributed by atoms with Gasteiger partial charge in [0.15, 0.2) is 0 Å². The van der Waals surface area contributed by atoms with Gasteiger partial charge in [0.05, 0.1) is 10.0 Å². The Morgan fingerprint density at radius 3 is 2.00 bits per heavy atom. The Kier molecular flexibility index (Phi) is 3.61. The van der Waals surface area contributed by atoms with Gasteiger partial charge in [0, 0.05) is 0 Å². The average molecular weight is 317 g/mol. The molecule has 0 atom stereocenters. The fourth-order valence-corrected chi connectivity index (χ4v) is 1.80. The van der Waals surface area contributed by atoms with E-state index in [1.54, 1.807) is 24.3 Å². The molecule has 1 nitrogen and oxygen atoms in total. The van der Waals surface area contributed by atoms with Crippen LogP contribution in [0.15, 0.2) is 53.0 Å². The van der Waals surface area contributed by atoms with Gasteiger partial charge in [0.25, 0.3) is 0 Å². The number of para-hydroxylation sites is 2. The molecule has 0 fully saturated rings. The number of alkyl halides is 3. The SMILES string of the molecule is FC(F)(F)c1ccccc1Oc1ccccc1Br. The molecular formula is C13H8BrF3O. The normalized spacial score (nSPS) is 11.3. The molecule has 0 bridgehead atoms. The van der Waals surface area contributed by atoms with E-state index >= 15 is 0 Å². The summed E-state index contributed by atoms with van der Waals surface area (Å²) in [6.45, 7) is 0. The van der Waals surface area contributed by atoms with Crippen LogP contribution in [0, 0.1) is 0 Å². The van der Waals surface area contributed by atoms with Gasteiger partial charge < -0.3 is 4.74 Å². The second-order valence-electron chi connectivity index (χ2n) is 3.53. The summed E-state index contributed by atoms with van der Waals surface area (Å²) < 4.78 is 44.2. The first-order chi connectivity index (χ1) is 8.48. The van der Waals surface area contributed by atoms with Crippen molar-refractivity contribution in [1.82, 2.24) is 0 Å². The van der Waals surface area contributed by atoms with Gasteiger partial charge in [0.1, 0.15) is 11.5 Å². The molecule has 0 aliphatic carbocycles. The summed E-state index contributed by atoms with van der Waals surface area (Å²) in [5, 5.41) is 0. The molecule has 18 heavy (non-hydrogen) atoms. The summed E-state index contributed by atoms with van der Waals surface area (Å²) in [7, 11) is 0. The summed E-state index contributed by atoms with van der Waals surface area (Å²) in [6.07, 6.45) is -4.43. The zero-order valence-electron chi connectivity index (χ0n) is 9.04. The maximum absolute atomic E-state index is 12.8. The standard InChI is InChI=1S/C13H8BrF3O/c14-10-6-2-4-8-12(10)18-11-7-3-1-5-9(11)13(15,16)17/h1-8H. The maximum Gasteiger partial charge on any atom is 0.419 e. The Morgan fingerprint density at radius 1 is 0.833 bits per heavy atom. The van der Waals surface area contributed by atoms with Crippen LogP contribution in [0.5, 0.6) is 11.5 Å². The van der Waals surface area contributed by atoms with E-state index in [0.29, 0.717) is 10.2 Å². The van der Waals surface area contributed by atoms with Crippen LogP contribution in [0.3, 0.4) is 0 Å². The zero-order valence-corrected chi connectivity index (χ0v) is 10.6. The van der Waals surface area contributed by atoms with Gasteiger partial charge in [-0.3, -0.25) is 0 Å². The molecule has 0 amide bonds. The third-order valence-electron chi connectivity index (χ3n) is 2.25. The molecule has 0 saturated carbocycles. The molecule has 0 aliphatic heterocycles. The van der Waals surface area contributed by atoms with Crippen molar-refractivity contribution in [2.45, 2.75) is 6.18 Å². The summed E-state index contributed by atoms with van der Waals surface area (Å²) >= 11 is 3.22. The molecule has 0 radical (unpaired) electrons. The molecule has 2 aromatic carbocycles. The quantitative estimate of drug-likeness (QED) is 0.734. The highest BCUT2D eigenvalue weighted by atomic mass is 79.9. The van der Waals surface area contributed by atoms with E-state index in [4.69, 9.17) is 4.74 Å². The molecule has 94 valence electrons. The number of hydrogen-bond acceptors (Lipinski definition) is 1. The predicted molar refractivity (Wildman–Crippen MR) is 65.7 cm³/mol. The van der Waals surface area contributed by atoms with Crippen molar-refractivity contribution < 1.29 is 17.9 Å². The number of rotatable bonds is 2. The van der Waals surface area contributed by atoms with E-state index in [1.807, 2.05) is 0 Å². The Morgan fingerprint density at radius 2 is 1.39 bits per heavy atom. The average Bonchev–Trinajstić information content (AvgIpc) is 2.31. The lowest BCUT2D eigenvalue weighted by atomic mass is 10.2. The molecule has 2 rings (SSSR count). The second-order valence-corrected chi connectivity index (χ2v) is 4.38. The Hall–Kier alpha value is -1.49. The number of benzene rings is 2. The molecule has 0 saturated heterocycles. The van der Waals surface area contributed by atoms with Gasteiger partial charge in [-0.15, -0.1) is 0 Å². The Labute approximate surface area is 110 Å². The summed E-state index contributed by atoms with van der Waals surface area (Å²) in [4.78, 5) is 0. The van der Waals surface area contributed by atoms with Crippen molar-refractivity contribution >= 4 is 15.9 Å². The lowest BCUT2D eigenvalue weighted by molar-refractivity contribution is -0.138. The first-order valence-corrected chi connectivity index (χ1v) is 5.86. The highest BCUT2D eigenvalue weighted by molar-refractivity contribution is 9.10. The van der Waals surface area contributed by atoms with Crippen LogP contribution in [0.4, 0.5) is 13.2 Å². The lowest BCUT2D eigenvalue weighted by Gasteiger charge is -2.14.